The number of rotatable bonds is 4. The summed E-state index contributed by atoms with van der Waals surface area (Å²) in [6, 6.07) is 8.68. The Morgan fingerprint density at radius 2 is 2.08 bits per heavy atom. The normalized spacial score (nSPS) is 23.2. The first-order chi connectivity index (χ1) is 11.5. The van der Waals surface area contributed by atoms with Gasteiger partial charge in [-0.15, -0.1) is 0 Å². The second-order valence-corrected chi connectivity index (χ2v) is 9.79. The van der Waals surface area contributed by atoms with Crippen LogP contribution < -0.4 is 4.98 Å². The zero-order chi connectivity index (χ0) is 17.3. The lowest BCUT2D eigenvalue weighted by atomic mass is 9.76. The topological polar surface area (TPSA) is 32.3 Å². The molecule has 0 spiro atoms. The third-order valence-electron chi connectivity index (χ3n) is 4.75. The molecule has 1 amide bonds. The van der Waals surface area contributed by atoms with Gasteiger partial charge in [0.05, 0.1) is 5.92 Å². The molecule has 1 heterocycles. The van der Waals surface area contributed by atoms with Crippen molar-refractivity contribution in [3.63, 3.8) is 0 Å². The molecule has 0 radical (unpaired) electrons. The summed E-state index contributed by atoms with van der Waals surface area (Å²) in [5.74, 6) is 0.357. The molecule has 1 N–H and O–H groups in total. The van der Waals surface area contributed by atoms with E-state index in [-0.39, 0.29) is 17.7 Å². The largest absolute Gasteiger partial charge is 0.336 e. The first-order valence-corrected chi connectivity index (χ1v) is 11.6. The van der Waals surface area contributed by atoms with Crippen molar-refractivity contribution in [2.24, 2.45) is 11.8 Å². The highest BCUT2D eigenvalue weighted by molar-refractivity contribution is 6.52. The number of carbonyl (C=O) groups excluding carboxylic acids is 1. The van der Waals surface area contributed by atoms with Gasteiger partial charge in [0.2, 0.25) is 5.91 Å². The number of hydrogen-bond donors (Lipinski definition) is 1. The maximum Gasteiger partial charge on any atom is 0.234 e. The fourth-order valence-corrected chi connectivity index (χ4v) is 4.05. The summed E-state index contributed by atoms with van der Waals surface area (Å²) >= 11 is 0. The standard InChI is InChI=1S/C20H26N2OSi/c1-14-7-5-10-17-18(13-22(2)20(23)19(14)17)16-9-6-8-15(11-16)12-21-24(3)4/h5-11,13-14,19,21,24H,12H2,1-4H3. The molecular formula is C20H26N2OSi. The van der Waals surface area contributed by atoms with Gasteiger partial charge in [-0.1, -0.05) is 56.4 Å². The second-order valence-electron chi connectivity index (χ2n) is 7.07. The Bertz CT molecular complexity index is 733. The molecule has 0 saturated heterocycles. The average Bonchev–Trinajstić information content (AvgIpc) is 2.56. The minimum absolute atomic E-state index is 0.0650. The molecule has 24 heavy (non-hydrogen) atoms. The Morgan fingerprint density at radius 1 is 1.29 bits per heavy atom. The van der Waals surface area contributed by atoms with E-state index in [4.69, 9.17) is 0 Å². The summed E-state index contributed by atoms with van der Waals surface area (Å²) < 4.78 is 0. The van der Waals surface area contributed by atoms with Crippen LogP contribution in [0, 0.1) is 11.8 Å². The van der Waals surface area contributed by atoms with E-state index in [0.717, 1.165) is 12.1 Å². The summed E-state index contributed by atoms with van der Waals surface area (Å²) in [5.41, 5.74) is 4.81. The van der Waals surface area contributed by atoms with Crippen LogP contribution >= 0.6 is 0 Å². The number of nitrogens with zero attached hydrogens (tertiary/aromatic N) is 1. The predicted octanol–water partition coefficient (Wildman–Crippen LogP) is 3.32. The maximum absolute atomic E-state index is 12.6. The van der Waals surface area contributed by atoms with E-state index in [1.807, 2.05) is 13.2 Å². The lowest BCUT2D eigenvalue weighted by molar-refractivity contribution is -0.131. The minimum Gasteiger partial charge on any atom is -0.336 e. The van der Waals surface area contributed by atoms with Gasteiger partial charge >= 0.3 is 0 Å². The molecule has 1 aromatic carbocycles. The molecule has 2 unspecified atom stereocenters. The lowest BCUT2D eigenvalue weighted by Gasteiger charge is -2.35. The van der Waals surface area contributed by atoms with Crippen LogP contribution in [0.2, 0.25) is 13.1 Å². The highest BCUT2D eigenvalue weighted by atomic mass is 28.3. The van der Waals surface area contributed by atoms with Gasteiger partial charge in [-0.2, -0.15) is 0 Å². The Kier molecular flexibility index (Phi) is 4.87. The Balaban J connectivity index is 1.97. The molecule has 3 nitrogen and oxygen atoms in total. The van der Waals surface area contributed by atoms with Crippen LogP contribution in [0.4, 0.5) is 0 Å². The van der Waals surface area contributed by atoms with Crippen LogP contribution in [-0.4, -0.2) is 26.8 Å². The SMILES string of the molecule is CC1C=CC=C2C(c3cccc(CN[SiH](C)C)c3)=CN(C)C(=O)C21. The average molecular weight is 339 g/mol. The van der Waals surface area contributed by atoms with Gasteiger partial charge in [0, 0.05) is 25.4 Å². The molecule has 0 bridgehead atoms. The Labute approximate surface area is 146 Å². The van der Waals surface area contributed by atoms with Crippen molar-refractivity contribution in [1.29, 1.82) is 0 Å². The summed E-state index contributed by atoms with van der Waals surface area (Å²) in [4.78, 5) is 17.9. The molecule has 2 atom stereocenters. The molecule has 1 aromatic rings. The van der Waals surface area contributed by atoms with E-state index in [9.17, 15) is 4.79 Å². The highest BCUT2D eigenvalue weighted by Crippen LogP contribution is 2.40. The van der Waals surface area contributed by atoms with Crippen molar-refractivity contribution in [1.82, 2.24) is 9.88 Å². The summed E-state index contributed by atoms with van der Waals surface area (Å²) in [6.07, 6.45) is 8.29. The van der Waals surface area contributed by atoms with Crippen LogP contribution in [0.15, 0.2) is 54.3 Å². The van der Waals surface area contributed by atoms with Gasteiger partial charge in [-0.25, -0.2) is 0 Å². The number of hydrogen-bond acceptors (Lipinski definition) is 2. The van der Waals surface area contributed by atoms with Crippen LogP contribution in [0.25, 0.3) is 5.57 Å². The van der Waals surface area contributed by atoms with Gasteiger partial charge in [0.25, 0.3) is 0 Å². The van der Waals surface area contributed by atoms with Crippen LogP contribution in [0.3, 0.4) is 0 Å². The first-order valence-electron chi connectivity index (χ1n) is 8.67. The molecule has 0 fully saturated rings. The van der Waals surface area contributed by atoms with Crippen LogP contribution in [0.1, 0.15) is 18.1 Å². The fraction of sp³-hybridized carbons (Fsp3) is 0.350. The van der Waals surface area contributed by atoms with E-state index >= 15 is 0 Å². The lowest BCUT2D eigenvalue weighted by Crippen LogP contribution is -2.38. The van der Waals surface area contributed by atoms with E-state index in [0.29, 0.717) is 0 Å². The number of amides is 1. The quantitative estimate of drug-likeness (QED) is 0.854. The molecule has 3 rings (SSSR count). The molecule has 1 aliphatic heterocycles. The third-order valence-corrected chi connectivity index (χ3v) is 5.77. The summed E-state index contributed by atoms with van der Waals surface area (Å²) in [6.45, 7) is 7.62. The van der Waals surface area contributed by atoms with Gasteiger partial charge in [-0.05, 0) is 28.7 Å². The predicted molar refractivity (Wildman–Crippen MR) is 103 cm³/mol. The van der Waals surface area contributed by atoms with Gasteiger partial charge in [-0.3, -0.25) is 4.79 Å². The monoisotopic (exact) mass is 338 g/mol. The molecule has 1 aliphatic carbocycles. The zero-order valence-electron chi connectivity index (χ0n) is 14.9. The van der Waals surface area contributed by atoms with Crippen LogP contribution in [-0.2, 0) is 11.3 Å². The van der Waals surface area contributed by atoms with E-state index in [2.05, 4.69) is 67.5 Å². The van der Waals surface area contributed by atoms with Gasteiger partial charge < -0.3 is 9.88 Å². The smallest absolute Gasteiger partial charge is 0.234 e. The summed E-state index contributed by atoms with van der Waals surface area (Å²) in [7, 11) is 1.08. The highest BCUT2D eigenvalue weighted by Gasteiger charge is 2.36. The molecule has 2 aliphatic rings. The van der Waals surface area contributed by atoms with Crippen molar-refractivity contribution in [2.45, 2.75) is 26.6 Å². The van der Waals surface area contributed by atoms with Crippen molar-refractivity contribution < 1.29 is 4.79 Å². The summed E-state index contributed by atoms with van der Waals surface area (Å²) in [5, 5.41) is 0. The number of fused-ring (bicyclic) bond motifs is 1. The second kappa shape index (κ2) is 6.91. The van der Waals surface area contributed by atoms with Gasteiger partial charge in [0.15, 0.2) is 0 Å². The van der Waals surface area contributed by atoms with Crippen molar-refractivity contribution in [3.8, 4) is 0 Å². The number of benzene rings is 1. The Morgan fingerprint density at radius 3 is 2.83 bits per heavy atom. The molecule has 0 aromatic heterocycles. The number of nitrogens with one attached hydrogen (secondary N) is 1. The van der Waals surface area contributed by atoms with Crippen LogP contribution in [0.5, 0.6) is 0 Å². The molecular weight excluding hydrogens is 312 g/mol. The van der Waals surface area contributed by atoms with Crippen molar-refractivity contribution in [3.05, 3.63) is 65.4 Å². The number of carbonyl (C=O) groups is 1. The van der Waals surface area contributed by atoms with E-state index in [1.165, 1.54) is 16.7 Å². The maximum atomic E-state index is 12.6. The molecule has 0 saturated carbocycles. The minimum atomic E-state index is -0.780. The van der Waals surface area contributed by atoms with E-state index < -0.39 is 8.96 Å². The zero-order valence-corrected chi connectivity index (χ0v) is 16.1. The molecule has 4 heteroatoms. The fourth-order valence-electron chi connectivity index (χ4n) is 3.41. The van der Waals surface area contributed by atoms with Crippen molar-refractivity contribution in [2.75, 3.05) is 7.05 Å². The first kappa shape index (κ1) is 16.9. The van der Waals surface area contributed by atoms with E-state index in [1.54, 1.807) is 4.90 Å². The number of allylic oxidation sites excluding steroid dienone is 4. The molecule has 126 valence electrons. The Hall–Kier alpha value is -1.91. The third kappa shape index (κ3) is 3.30. The van der Waals surface area contributed by atoms with Gasteiger partial charge in [0.1, 0.15) is 8.96 Å². The van der Waals surface area contributed by atoms with Crippen molar-refractivity contribution >= 4 is 20.4 Å².